The second-order valence-corrected chi connectivity index (χ2v) is 3.89. The number of methoxy groups -OCH3 is 1. The van der Waals surface area contributed by atoms with Gasteiger partial charge in [-0.25, -0.2) is 0 Å². The summed E-state index contributed by atoms with van der Waals surface area (Å²) in [4.78, 5) is 11.1. The van der Waals surface area contributed by atoms with Crippen LogP contribution in [-0.4, -0.2) is 19.0 Å². The highest BCUT2D eigenvalue weighted by atomic mass is 35.5. The number of carbonyl (C=O) groups is 1. The molecule has 2 unspecified atom stereocenters. The molecule has 2 atom stereocenters. The molecule has 0 bridgehead atoms. The highest BCUT2D eigenvalue weighted by Gasteiger charge is 2.61. The quantitative estimate of drug-likeness (QED) is 0.473. The Hall–Kier alpha value is -0.240. The first kappa shape index (κ1) is 8.85. The fraction of sp³-hybridized carbons (Fsp3) is 0.875. The van der Waals surface area contributed by atoms with Gasteiger partial charge in [-0.3, -0.25) is 4.79 Å². The Morgan fingerprint density at radius 3 is 2.45 bits per heavy atom. The van der Waals surface area contributed by atoms with Gasteiger partial charge in [-0.15, -0.1) is 11.6 Å². The maximum absolute atomic E-state index is 11.1. The van der Waals surface area contributed by atoms with Crippen molar-refractivity contribution in [1.82, 2.24) is 0 Å². The molecule has 1 saturated carbocycles. The molecule has 0 saturated heterocycles. The first-order valence-corrected chi connectivity index (χ1v) is 4.23. The fourth-order valence-electron chi connectivity index (χ4n) is 1.63. The van der Waals surface area contributed by atoms with Crippen LogP contribution in [-0.2, 0) is 9.53 Å². The van der Waals surface area contributed by atoms with Gasteiger partial charge in [0.05, 0.1) is 13.0 Å². The van der Waals surface area contributed by atoms with E-state index in [1.165, 1.54) is 7.11 Å². The molecule has 0 heterocycles. The van der Waals surface area contributed by atoms with Crippen molar-refractivity contribution in [3.63, 3.8) is 0 Å². The average Bonchev–Trinajstić information content (AvgIpc) is 2.51. The normalized spacial score (nSPS) is 33.1. The van der Waals surface area contributed by atoms with Crippen LogP contribution in [0.25, 0.3) is 0 Å². The minimum absolute atomic E-state index is 0.0185. The van der Waals surface area contributed by atoms with E-state index in [9.17, 15) is 4.79 Å². The SMILES string of the molecule is COC(=O)C1C(CCl)C1(C)C. The van der Waals surface area contributed by atoms with Crippen LogP contribution in [0.4, 0.5) is 0 Å². The largest absolute Gasteiger partial charge is 0.469 e. The number of hydrogen-bond acceptors (Lipinski definition) is 2. The van der Waals surface area contributed by atoms with Gasteiger partial charge in [-0.1, -0.05) is 13.8 Å². The van der Waals surface area contributed by atoms with Crippen LogP contribution in [0, 0.1) is 17.3 Å². The zero-order valence-corrected chi connectivity index (χ0v) is 7.81. The van der Waals surface area contributed by atoms with Crippen LogP contribution in [0.3, 0.4) is 0 Å². The molecule has 1 fully saturated rings. The van der Waals surface area contributed by atoms with Gasteiger partial charge in [-0.05, 0) is 11.3 Å². The van der Waals surface area contributed by atoms with Gasteiger partial charge in [0, 0.05) is 5.88 Å². The first-order valence-electron chi connectivity index (χ1n) is 3.69. The summed E-state index contributed by atoms with van der Waals surface area (Å²) >= 11 is 5.67. The molecule has 0 aromatic rings. The van der Waals surface area contributed by atoms with Gasteiger partial charge in [0.25, 0.3) is 0 Å². The Balaban J connectivity index is 2.58. The Labute approximate surface area is 71.9 Å². The summed E-state index contributed by atoms with van der Waals surface area (Å²) < 4.78 is 4.64. The molecule has 0 aliphatic heterocycles. The highest BCUT2D eigenvalue weighted by Crippen LogP contribution is 2.58. The number of hydrogen-bond donors (Lipinski definition) is 0. The second-order valence-electron chi connectivity index (χ2n) is 3.58. The molecule has 1 aliphatic rings. The third-order valence-electron chi connectivity index (χ3n) is 2.67. The summed E-state index contributed by atoms with van der Waals surface area (Å²) in [6, 6.07) is 0. The van der Waals surface area contributed by atoms with E-state index in [1.807, 2.05) is 13.8 Å². The minimum Gasteiger partial charge on any atom is -0.469 e. The lowest BCUT2D eigenvalue weighted by Gasteiger charge is -1.99. The molecular formula is C8H13ClO2. The molecular weight excluding hydrogens is 164 g/mol. The maximum atomic E-state index is 11.1. The summed E-state index contributed by atoms with van der Waals surface area (Å²) in [7, 11) is 1.42. The zero-order valence-electron chi connectivity index (χ0n) is 7.06. The van der Waals surface area contributed by atoms with Crippen molar-refractivity contribution in [3.05, 3.63) is 0 Å². The zero-order chi connectivity index (χ0) is 8.65. The molecule has 0 N–H and O–H groups in total. The number of esters is 1. The number of carbonyl (C=O) groups excluding carboxylic acids is 1. The average molecular weight is 177 g/mol. The van der Waals surface area contributed by atoms with Crippen molar-refractivity contribution in [2.75, 3.05) is 13.0 Å². The summed E-state index contributed by atoms with van der Waals surface area (Å²) in [6.45, 7) is 4.09. The van der Waals surface area contributed by atoms with E-state index in [0.717, 1.165) is 0 Å². The van der Waals surface area contributed by atoms with Gasteiger partial charge in [0.2, 0.25) is 0 Å². The van der Waals surface area contributed by atoms with E-state index in [-0.39, 0.29) is 17.3 Å². The van der Waals surface area contributed by atoms with E-state index < -0.39 is 0 Å². The summed E-state index contributed by atoms with van der Waals surface area (Å²) in [5.41, 5.74) is 0.0504. The van der Waals surface area contributed by atoms with Gasteiger partial charge in [-0.2, -0.15) is 0 Å². The monoisotopic (exact) mass is 176 g/mol. The van der Waals surface area contributed by atoms with E-state index in [1.54, 1.807) is 0 Å². The second kappa shape index (κ2) is 2.67. The summed E-state index contributed by atoms with van der Waals surface area (Å²) in [5, 5.41) is 0. The topological polar surface area (TPSA) is 26.3 Å². The molecule has 11 heavy (non-hydrogen) atoms. The maximum Gasteiger partial charge on any atom is 0.309 e. The van der Waals surface area contributed by atoms with E-state index >= 15 is 0 Å². The van der Waals surface area contributed by atoms with Crippen LogP contribution < -0.4 is 0 Å². The standard InChI is InChI=1S/C8H13ClO2/c1-8(2)5(4-9)6(8)7(10)11-3/h5-6H,4H2,1-3H3. The Morgan fingerprint density at radius 1 is 1.64 bits per heavy atom. The van der Waals surface area contributed by atoms with Gasteiger partial charge in [0.15, 0.2) is 0 Å². The Bertz CT molecular complexity index is 177. The molecule has 1 aliphatic carbocycles. The van der Waals surface area contributed by atoms with Crippen LogP contribution in [0.5, 0.6) is 0 Å². The van der Waals surface area contributed by atoms with Crippen molar-refractivity contribution in [2.45, 2.75) is 13.8 Å². The number of ether oxygens (including phenoxy) is 1. The lowest BCUT2D eigenvalue weighted by molar-refractivity contribution is -0.143. The Morgan fingerprint density at radius 2 is 2.18 bits per heavy atom. The van der Waals surface area contributed by atoms with E-state index in [0.29, 0.717) is 11.8 Å². The van der Waals surface area contributed by atoms with Crippen molar-refractivity contribution in [2.24, 2.45) is 17.3 Å². The van der Waals surface area contributed by atoms with Crippen LogP contribution in [0.2, 0.25) is 0 Å². The van der Waals surface area contributed by atoms with Crippen LogP contribution in [0.15, 0.2) is 0 Å². The Kier molecular flexibility index (Phi) is 2.15. The van der Waals surface area contributed by atoms with E-state index in [4.69, 9.17) is 11.6 Å². The molecule has 3 heteroatoms. The third-order valence-corrected chi connectivity index (χ3v) is 3.00. The molecule has 0 aromatic carbocycles. The molecule has 0 aromatic heterocycles. The molecule has 64 valence electrons. The minimum atomic E-state index is -0.124. The lowest BCUT2D eigenvalue weighted by atomic mass is 10.1. The van der Waals surface area contributed by atoms with Crippen molar-refractivity contribution in [3.8, 4) is 0 Å². The van der Waals surface area contributed by atoms with Crippen LogP contribution in [0.1, 0.15) is 13.8 Å². The smallest absolute Gasteiger partial charge is 0.309 e. The van der Waals surface area contributed by atoms with Gasteiger partial charge >= 0.3 is 5.97 Å². The predicted molar refractivity (Wildman–Crippen MR) is 43.5 cm³/mol. The molecule has 0 amide bonds. The number of halogens is 1. The third kappa shape index (κ3) is 1.24. The van der Waals surface area contributed by atoms with Crippen molar-refractivity contribution in [1.29, 1.82) is 0 Å². The number of alkyl halides is 1. The van der Waals surface area contributed by atoms with E-state index in [2.05, 4.69) is 4.74 Å². The van der Waals surface area contributed by atoms with Crippen LogP contribution >= 0.6 is 11.6 Å². The fourth-order valence-corrected chi connectivity index (χ4v) is 2.20. The first-order chi connectivity index (χ1) is 5.05. The molecule has 0 spiro atoms. The van der Waals surface area contributed by atoms with Crippen molar-refractivity contribution >= 4 is 17.6 Å². The summed E-state index contributed by atoms with van der Waals surface area (Å²) in [5.74, 6) is 0.745. The van der Waals surface area contributed by atoms with Gasteiger partial charge < -0.3 is 4.74 Å². The molecule has 1 rings (SSSR count). The summed E-state index contributed by atoms with van der Waals surface area (Å²) in [6.07, 6.45) is 0. The molecule has 0 radical (unpaired) electrons. The number of rotatable bonds is 2. The highest BCUT2D eigenvalue weighted by molar-refractivity contribution is 6.18. The predicted octanol–water partition coefficient (Wildman–Crippen LogP) is 1.67. The molecule has 2 nitrogen and oxygen atoms in total. The van der Waals surface area contributed by atoms with Crippen molar-refractivity contribution < 1.29 is 9.53 Å². The van der Waals surface area contributed by atoms with Gasteiger partial charge in [0.1, 0.15) is 0 Å². The lowest BCUT2D eigenvalue weighted by Crippen LogP contribution is -2.07.